The minimum absolute atomic E-state index is 0.102. The summed E-state index contributed by atoms with van der Waals surface area (Å²) in [6.07, 6.45) is 1.76. The van der Waals surface area contributed by atoms with Crippen molar-refractivity contribution in [3.05, 3.63) is 51.0 Å². The maximum Gasteiger partial charge on any atom is 0.141 e. The molecule has 2 rings (SSSR count). The summed E-state index contributed by atoms with van der Waals surface area (Å²) in [4.78, 5) is 0. The summed E-state index contributed by atoms with van der Waals surface area (Å²) in [7, 11) is 1.85. The molecule has 0 amide bonds. The normalized spacial score (nSPS) is 12.7. The quantitative estimate of drug-likeness (QED) is 0.913. The van der Waals surface area contributed by atoms with Crippen LogP contribution in [-0.2, 0) is 6.54 Å². The number of benzene rings is 1. The first kappa shape index (κ1) is 14.5. The second-order valence-electron chi connectivity index (χ2n) is 4.09. The Hall–Kier alpha value is -0.910. The van der Waals surface area contributed by atoms with E-state index in [1.165, 1.54) is 6.07 Å². The van der Waals surface area contributed by atoms with Crippen LogP contribution in [0.1, 0.15) is 24.2 Å². The van der Waals surface area contributed by atoms with Crippen molar-refractivity contribution in [3.8, 4) is 0 Å². The molecule has 0 bridgehead atoms. The van der Waals surface area contributed by atoms with E-state index in [4.69, 9.17) is 11.6 Å². The molecule has 6 heteroatoms. The van der Waals surface area contributed by atoms with Crippen molar-refractivity contribution < 1.29 is 4.39 Å². The molecule has 0 spiro atoms. The Labute approximate surface area is 124 Å². The lowest BCUT2D eigenvalue weighted by Gasteiger charge is -2.19. The van der Waals surface area contributed by atoms with Gasteiger partial charge < -0.3 is 5.32 Å². The second-order valence-corrected chi connectivity index (χ2v) is 5.35. The summed E-state index contributed by atoms with van der Waals surface area (Å²) in [5, 5.41) is 7.62. The van der Waals surface area contributed by atoms with E-state index >= 15 is 0 Å². The highest BCUT2D eigenvalue weighted by atomic mass is 79.9. The first-order chi connectivity index (χ1) is 9.08. The standard InChI is InChI=1S/C13H14BrClFN3/c1-3-19-13(9(14)7-18-19)12(17-2)8-4-5-11(16)10(15)6-8/h4-7,12,17H,3H2,1-2H3. The van der Waals surface area contributed by atoms with Gasteiger partial charge >= 0.3 is 0 Å². The van der Waals surface area contributed by atoms with Gasteiger partial charge in [-0.15, -0.1) is 0 Å². The number of hydrogen-bond donors (Lipinski definition) is 1. The highest BCUT2D eigenvalue weighted by molar-refractivity contribution is 9.10. The molecule has 1 aromatic carbocycles. The van der Waals surface area contributed by atoms with Crippen molar-refractivity contribution in [2.75, 3.05) is 7.05 Å². The molecule has 19 heavy (non-hydrogen) atoms. The van der Waals surface area contributed by atoms with Crippen LogP contribution in [0.3, 0.4) is 0 Å². The van der Waals surface area contributed by atoms with Crippen molar-refractivity contribution in [2.24, 2.45) is 0 Å². The van der Waals surface area contributed by atoms with Gasteiger partial charge in [0, 0.05) is 6.54 Å². The summed E-state index contributed by atoms with van der Waals surface area (Å²) in [5.74, 6) is -0.414. The van der Waals surface area contributed by atoms with Crippen LogP contribution in [0.4, 0.5) is 4.39 Å². The second kappa shape index (κ2) is 6.03. The first-order valence-corrected chi connectivity index (χ1v) is 7.09. The molecule has 0 aliphatic heterocycles. The van der Waals surface area contributed by atoms with Crippen LogP contribution in [0.25, 0.3) is 0 Å². The minimum Gasteiger partial charge on any atom is -0.308 e. The Balaban J connectivity index is 2.49. The molecule has 3 nitrogen and oxygen atoms in total. The van der Waals surface area contributed by atoms with Gasteiger partial charge in [0.1, 0.15) is 5.82 Å². The van der Waals surface area contributed by atoms with Crippen molar-refractivity contribution in [1.82, 2.24) is 15.1 Å². The van der Waals surface area contributed by atoms with Gasteiger partial charge in [0.15, 0.2) is 0 Å². The zero-order valence-corrected chi connectivity index (χ0v) is 13.0. The SMILES string of the molecule is CCn1ncc(Br)c1C(NC)c1ccc(F)c(Cl)c1. The summed E-state index contributed by atoms with van der Waals surface area (Å²) < 4.78 is 16.1. The van der Waals surface area contributed by atoms with Crippen molar-refractivity contribution in [1.29, 1.82) is 0 Å². The lowest BCUT2D eigenvalue weighted by molar-refractivity contribution is 0.560. The molecule has 0 aliphatic rings. The van der Waals surface area contributed by atoms with Crippen LogP contribution >= 0.6 is 27.5 Å². The van der Waals surface area contributed by atoms with E-state index in [0.717, 1.165) is 22.3 Å². The third-order valence-electron chi connectivity index (χ3n) is 2.97. The molecule has 1 heterocycles. The zero-order chi connectivity index (χ0) is 14.0. The number of hydrogen-bond acceptors (Lipinski definition) is 2. The topological polar surface area (TPSA) is 29.9 Å². The molecule has 1 aromatic heterocycles. The van der Waals surface area contributed by atoms with Crippen LogP contribution in [-0.4, -0.2) is 16.8 Å². The van der Waals surface area contributed by atoms with Crippen LogP contribution in [0.2, 0.25) is 5.02 Å². The smallest absolute Gasteiger partial charge is 0.141 e. The monoisotopic (exact) mass is 345 g/mol. The Morgan fingerprint density at radius 2 is 2.26 bits per heavy atom. The Bertz CT molecular complexity index is 585. The maximum atomic E-state index is 13.3. The van der Waals surface area contributed by atoms with Gasteiger partial charge in [-0.2, -0.15) is 5.10 Å². The van der Waals surface area contributed by atoms with Crippen molar-refractivity contribution in [3.63, 3.8) is 0 Å². The average molecular weight is 347 g/mol. The molecule has 102 valence electrons. The molecule has 1 atom stereocenters. The van der Waals surface area contributed by atoms with Gasteiger partial charge in [0.05, 0.1) is 27.4 Å². The predicted molar refractivity (Wildman–Crippen MR) is 77.9 cm³/mol. The number of rotatable bonds is 4. The largest absolute Gasteiger partial charge is 0.308 e. The van der Waals surface area contributed by atoms with Crippen LogP contribution in [0.5, 0.6) is 0 Å². The highest BCUT2D eigenvalue weighted by Gasteiger charge is 2.20. The minimum atomic E-state index is -0.414. The van der Waals surface area contributed by atoms with E-state index in [-0.39, 0.29) is 11.1 Å². The Kier molecular flexibility index (Phi) is 4.60. The first-order valence-electron chi connectivity index (χ1n) is 5.91. The lowest BCUT2D eigenvalue weighted by Crippen LogP contribution is -2.22. The van der Waals surface area contributed by atoms with Crippen LogP contribution in [0.15, 0.2) is 28.9 Å². The predicted octanol–water partition coefficient (Wildman–Crippen LogP) is 3.77. The summed E-state index contributed by atoms with van der Waals surface area (Å²) >= 11 is 9.35. The lowest BCUT2D eigenvalue weighted by atomic mass is 10.0. The summed E-state index contributed by atoms with van der Waals surface area (Å²) in [6, 6.07) is 4.64. The molecule has 0 saturated heterocycles. The fourth-order valence-electron chi connectivity index (χ4n) is 2.06. The average Bonchev–Trinajstić information content (AvgIpc) is 2.76. The van der Waals surface area contributed by atoms with E-state index in [2.05, 4.69) is 26.3 Å². The number of aromatic nitrogens is 2. The van der Waals surface area contributed by atoms with E-state index < -0.39 is 5.82 Å². The number of nitrogens with one attached hydrogen (secondary N) is 1. The fourth-order valence-corrected chi connectivity index (χ4v) is 2.78. The number of aryl methyl sites for hydroxylation is 1. The maximum absolute atomic E-state index is 13.3. The fraction of sp³-hybridized carbons (Fsp3) is 0.308. The summed E-state index contributed by atoms with van der Waals surface area (Å²) in [5.41, 5.74) is 1.89. The van der Waals surface area contributed by atoms with E-state index in [1.807, 2.05) is 18.7 Å². The van der Waals surface area contributed by atoms with Gasteiger partial charge in [0.25, 0.3) is 0 Å². The molecule has 0 saturated carbocycles. The Morgan fingerprint density at radius 3 is 2.84 bits per heavy atom. The number of nitrogens with zero attached hydrogens (tertiary/aromatic N) is 2. The molecule has 1 unspecified atom stereocenters. The third-order valence-corrected chi connectivity index (χ3v) is 3.87. The highest BCUT2D eigenvalue weighted by Crippen LogP contribution is 2.30. The van der Waals surface area contributed by atoms with Gasteiger partial charge in [-0.05, 0) is 47.6 Å². The van der Waals surface area contributed by atoms with Gasteiger partial charge in [-0.3, -0.25) is 4.68 Å². The molecule has 0 aliphatic carbocycles. The van der Waals surface area contributed by atoms with Gasteiger partial charge in [0.2, 0.25) is 0 Å². The van der Waals surface area contributed by atoms with Crippen molar-refractivity contribution in [2.45, 2.75) is 19.5 Å². The Morgan fingerprint density at radius 1 is 1.53 bits per heavy atom. The van der Waals surface area contributed by atoms with Crippen molar-refractivity contribution >= 4 is 27.5 Å². The molecular formula is C13H14BrClFN3. The zero-order valence-electron chi connectivity index (χ0n) is 10.6. The van der Waals surface area contributed by atoms with E-state index in [1.54, 1.807) is 18.3 Å². The number of halogens is 3. The van der Waals surface area contributed by atoms with Gasteiger partial charge in [-0.25, -0.2) is 4.39 Å². The van der Waals surface area contributed by atoms with Crippen LogP contribution < -0.4 is 5.32 Å². The van der Waals surface area contributed by atoms with E-state index in [0.29, 0.717) is 0 Å². The van der Waals surface area contributed by atoms with Crippen LogP contribution in [0, 0.1) is 5.82 Å². The molecule has 2 aromatic rings. The molecule has 1 N–H and O–H groups in total. The van der Waals surface area contributed by atoms with E-state index in [9.17, 15) is 4.39 Å². The third kappa shape index (κ3) is 2.83. The molecule has 0 fully saturated rings. The summed E-state index contributed by atoms with van der Waals surface area (Å²) in [6.45, 7) is 2.78. The van der Waals surface area contributed by atoms with Gasteiger partial charge in [-0.1, -0.05) is 17.7 Å². The molecule has 0 radical (unpaired) electrons. The molecular weight excluding hydrogens is 333 g/mol.